The highest BCUT2D eigenvalue weighted by Crippen LogP contribution is 2.09. The maximum Gasteiger partial charge on any atom is 0.189 e. The summed E-state index contributed by atoms with van der Waals surface area (Å²) in [5.74, 6) is -0.00158. The summed E-state index contributed by atoms with van der Waals surface area (Å²) >= 11 is 3.78. The molecular formula is C12H14OS. The molecule has 0 N–H and O–H groups in total. The third kappa shape index (κ3) is 3.79. The van der Waals surface area contributed by atoms with Crippen molar-refractivity contribution in [1.29, 1.82) is 0 Å². The van der Waals surface area contributed by atoms with E-state index in [1.165, 1.54) is 0 Å². The Labute approximate surface area is 90.2 Å². The fraction of sp³-hybridized carbons (Fsp3) is 0.250. The molecule has 14 heavy (non-hydrogen) atoms. The number of carbonyl (C=O) groups excluding carboxylic acids is 1. The van der Waals surface area contributed by atoms with Crippen LogP contribution in [0.2, 0.25) is 0 Å². The average molecular weight is 206 g/mol. The lowest BCUT2D eigenvalue weighted by Crippen LogP contribution is -2.01. The largest absolute Gasteiger partial charge is 0.287 e. The molecule has 2 heteroatoms. The summed E-state index contributed by atoms with van der Waals surface area (Å²) in [6.45, 7) is 1.88. The zero-order valence-electron chi connectivity index (χ0n) is 8.18. The molecule has 0 spiro atoms. The highest BCUT2D eigenvalue weighted by molar-refractivity contribution is 7.96. The summed E-state index contributed by atoms with van der Waals surface area (Å²) in [5.41, 5.74) is 1.16. The molecule has 0 fully saturated rings. The molecule has 1 atom stereocenters. The molecule has 1 nitrogen and oxygen atoms in total. The van der Waals surface area contributed by atoms with Crippen molar-refractivity contribution >= 4 is 23.8 Å². The smallest absolute Gasteiger partial charge is 0.189 e. The van der Waals surface area contributed by atoms with Gasteiger partial charge in [-0.05, 0) is 12.0 Å². The number of hydrogen-bond donors (Lipinski definition) is 1. The molecule has 1 rings (SSSR count). The van der Waals surface area contributed by atoms with Gasteiger partial charge < -0.3 is 0 Å². The van der Waals surface area contributed by atoms with Gasteiger partial charge in [0.1, 0.15) is 0 Å². The molecule has 0 heterocycles. The van der Waals surface area contributed by atoms with Crippen molar-refractivity contribution in [2.24, 2.45) is 5.92 Å². The molecule has 0 bridgehead atoms. The maximum atomic E-state index is 10.8. The summed E-state index contributed by atoms with van der Waals surface area (Å²) in [7, 11) is 0. The van der Waals surface area contributed by atoms with E-state index in [0.717, 1.165) is 12.0 Å². The number of thiol groups is 1. The zero-order chi connectivity index (χ0) is 10.4. The highest BCUT2D eigenvalue weighted by Gasteiger charge is 2.04. The van der Waals surface area contributed by atoms with E-state index in [9.17, 15) is 4.79 Å². The van der Waals surface area contributed by atoms with Gasteiger partial charge in [0.2, 0.25) is 0 Å². The van der Waals surface area contributed by atoms with Crippen LogP contribution in [0.5, 0.6) is 0 Å². The third-order valence-electron chi connectivity index (χ3n) is 2.02. The molecule has 0 aromatic heterocycles. The van der Waals surface area contributed by atoms with Crippen molar-refractivity contribution in [2.75, 3.05) is 0 Å². The number of hydrogen-bond acceptors (Lipinski definition) is 1. The first-order chi connectivity index (χ1) is 6.70. The lowest BCUT2D eigenvalue weighted by atomic mass is 10.1. The summed E-state index contributed by atoms with van der Waals surface area (Å²) in [6.07, 6.45) is 4.78. The third-order valence-corrected chi connectivity index (χ3v) is 2.46. The van der Waals surface area contributed by atoms with Gasteiger partial charge in [-0.25, -0.2) is 0 Å². The van der Waals surface area contributed by atoms with Crippen molar-refractivity contribution in [3.8, 4) is 0 Å². The van der Waals surface area contributed by atoms with Crippen LogP contribution in [0.3, 0.4) is 0 Å². The van der Waals surface area contributed by atoms with E-state index in [1.807, 2.05) is 49.4 Å². The summed E-state index contributed by atoms with van der Waals surface area (Å²) < 4.78 is 0. The van der Waals surface area contributed by atoms with E-state index in [0.29, 0.717) is 0 Å². The Morgan fingerprint density at radius 1 is 1.43 bits per heavy atom. The van der Waals surface area contributed by atoms with Crippen LogP contribution in [0, 0.1) is 5.92 Å². The van der Waals surface area contributed by atoms with Crippen LogP contribution in [0.25, 0.3) is 6.08 Å². The lowest BCUT2D eigenvalue weighted by Gasteiger charge is -2.00. The minimum atomic E-state index is -0.0530. The van der Waals surface area contributed by atoms with Gasteiger partial charge in [0, 0.05) is 5.92 Å². The fourth-order valence-corrected chi connectivity index (χ4v) is 1.18. The molecule has 0 saturated heterocycles. The second-order valence-electron chi connectivity index (χ2n) is 3.29. The quantitative estimate of drug-likeness (QED) is 0.749. The number of benzene rings is 1. The van der Waals surface area contributed by atoms with Crippen LogP contribution in [-0.4, -0.2) is 5.12 Å². The predicted molar refractivity (Wildman–Crippen MR) is 63.3 cm³/mol. The van der Waals surface area contributed by atoms with Crippen LogP contribution in [0.4, 0.5) is 0 Å². The molecule has 0 radical (unpaired) electrons. The molecular weight excluding hydrogens is 192 g/mol. The van der Waals surface area contributed by atoms with Gasteiger partial charge in [-0.15, -0.1) is 12.6 Å². The van der Waals surface area contributed by atoms with Gasteiger partial charge in [0.15, 0.2) is 5.12 Å². The van der Waals surface area contributed by atoms with Gasteiger partial charge in [0.25, 0.3) is 0 Å². The van der Waals surface area contributed by atoms with Crippen LogP contribution < -0.4 is 0 Å². The van der Waals surface area contributed by atoms with Crippen molar-refractivity contribution in [1.82, 2.24) is 0 Å². The van der Waals surface area contributed by atoms with Crippen LogP contribution in [-0.2, 0) is 4.79 Å². The Morgan fingerprint density at radius 3 is 2.64 bits per heavy atom. The molecule has 0 amide bonds. The van der Waals surface area contributed by atoms with Crippen molar-refractivity contribution in [3.05, 3.63) is 42.0 Å². The summed E-state index contributed by atoms with van der Waals surface area (Å²) in [5, 5.41) is -0.0530. The van der Waals surface area contributed by atoms with Gasteiger partial charge in [0.05, 0.1) is 0 Å². The number of allylic oxidation sites excluding steroid dienone is 1. The Kier molecular flexibility index (Phi) is 4.47. The number of carbonyl (C=O) groups is 1. The minimum Gasteiger partial charge on any atom is -0.287 e. The predicted octanol–water partition coefficient (Wildman–Crippen LogP) is 3.18. The first-order valence-corrected chi connectivity index (χ1v) is 5.09. The second-order valence-corrected chi connectivity index (χ2v) is 3.73. The van der Waals surface area contributed by atoms with E-state index in [1.54, 1.807) is 0 Å². The maximum absolute atomic E-state index is 10.8. The normalized spacial score (nSPS) is 13.0. The van der Waals surface area contributed by atoms with E-state index in [4.69, 9.17) is 0 Å². The SMILES string of the molecule is CC(C/C=C/c1ccccc1)C(=O)S. The van der Waals surface area contributed by atoms with Gasteiger partial charge in [-0.1, -0.05) is 49.4 Å². The molecule has 0 aliphatic heterocycles. The van der Waals surface area contributed by atoms with Gasteiger partial charge in [-0.2, -0.15) is 0 Å². The molecule has 0 saturated carbocycles. The van der Waals surface area contributed by atoms with Crippen molar-refractivity contribution < 1.29 is 4.79 Å². The van der Waals surface area contributed by atoms with E-state index in [-0.39, 0.29) is 11.0 Å². The molecule has 0 aliphatic rings. The topological polar surface area (TPSA) is 17.1 Å². The average Bonchev–Trinajstić information content (AvgIpc) is 2.19. The van der Waals surface area contributed by atoms with Gasteiger partial charge in [-0.3, -0.25) is 4.79 Å². The Balaban J connectivity index is 2.46. The highest BCUT2D eigenvalue weighted by atomic mass is 32.1. The van der Waals surface area contributed by atoms with Gasteiger partial charge >= 0.3 is 0 Å². The molecule has 1 unspecified atom stereocenters. The zero-order valence-corrected chi connectivity index (χ0v) is 9.08. The second kappa shape index (κ2) is 5.66. The monoisotopic (exact) mass is 206 g/mol. The van der Waals surface area contributed by atoms with Crippen molar-refractivity contribution in [2.45, 2.75) is 13.3 Å². The molecule has 1 aromatic carbocycles. The number of rotatable bonds is 4. The standard InChI is InChI=1S/C12H14OS/c1-10(12(13)14)6-5-9-11-7-3-2-4-8-11/h2-5,7-10H,6H2,1H3,(H,13,14)/b9-5+. The van der Waals surface area contributed by atoms with E-state index >= 15 is 0 Å². The van der Waals surface area contributed by atoms with E-state index in [2.05, 4.69) is 12.6 Å². The van der Waals surface area contributed by atoms with Crippen LogP contribution >= 0.6 is 12.6 Å². The molecule has 1 aromatic rings. The fourth-order valence-electron chi connectivity index (χ4n) is 1.07. The molecule has 0 aliphatic carbocycles. The Bertz CT molecular complexity index is 316. The Hall–Kier alpha value is -1.02. The van der Waals surface area contributed by atoms with Crippen LogP contribution in [0.1, 0.15) is 18.9 Å². The molecule has 74 valence electrons. The van der Waals surface area contributed by atoms with E-state index < -0.39 is 0 Å². The first kappa shape index (κ1) is 11.1. The lowest BCUT2D eigenvalue weighted by molar-refractivity contribution is -0.113. The minimum absolute atomic E-state index is 0.00158. The summed E-state index contributed by atoms with van der Waals surface area (Å²) in [6, 6.07) is 10.0. The summed E-state index contributed by atoms with van der Waals surface area (Å²) in [4.78, 5) is 10.8. The van der Waals surface area contributed by atoms with Crippen molar-refractivity contribution in [3.63, 3.8) is 0 Å². The van der Waals surface area contributed by atoms with Crippen LogP contribution in [0.15, 0.2) is 36.4 Å². The Morgan fingerprint density at radius 2 is 2.07 bits per heavy atom. The first-order valence-electron chi connectivity index (χ1n) is 4.64.